The van der Waals surface area contributed by atoms with Crippen LogP contribution in [0.2, 0.25) is 0 Å². The third-order valence-electron chi connectivity index (χ3n) is 4.42. The first kappa shape index (κ1) is 16.3. The van der Waals surface area contributed by atoms with E-state index in [2.05, 4.69) is 50.4 Å². The number of para-hydroxylation sites is 1. The Bertz CT molecular complexity index is 956. The van der Waals surface area contributed by atoms with Gasteiger partial charge in [0.05, 0.1) is 17.9 Å². The highest BCUT2D eigenvalue weighted by Crippen LogP contribution is 2.21. The summed E-state index contributed by atoms with van der Waals surface area (Å²) in [6, 6.07) is 20.5. The standard InChI is InChI=1S/C21H21N5/c1-25-13-12-22-21(25)20(18-8-4-2-5-9-18)23-14-17-15-24-26(16-17)19-10-6-3-7-11-19/h2-13,15-16,20,23H,14H2,1H3/t20-/m1/s1. The van der Waals surface area contributed by atoms with E-state index in [0.29, 0.717) is 6.54 Å². The summed E-state index contributed by atoms with van der Waals surface area (Å²) in [5.74, 6) is 0.992. The predicted molar refractivity (Wildman–Crippen MR) is 102 cm³/mol. The van der Waals surface area contributed by atoms with E-state index in [9.17, 15) is 0 Å². The molecule has 0 bridgehead atoms. The molecule has 0 spiro atoms. The molecule has 0 fully saturated rings. The van der Waals surface area contributed by atoms with Crippen molar-refractivity contribution in [1.29, 1.82) is 0 Å². The van der Waals surface area contributed by atoms with Crippen molar-refractivity contribution in [2.45, 2.75) is 12.6 Å². The first-order valence-corrected chi connectivity index (χ1v) is 8.66. The second-order valence-electron chi connectivity index (χ2n) is 6.25. The second-order valence-corrected chi connectivity index (χ2v) is 6.25. The zero-order chi connectivity index (χ0) is 17.8. The first-order chi connectivity index (χ1) is 12.8. The van der Waals surface area contributed by atoms with Crippen LogP contribution in [0.3, 0.4) is 0 Å². The third-order valence-corrected chi connectivity index (χ3v) is 4.42. The Kier molecular flexibility index (Phi) is 4.62. The van der Waals surface area contributed by atoms with E-state index >= 15 is 0 Å². The Morgan fingerprint density at radius 1 is 1.00 bits per heavy atom. The van der Waals surface area contributed by atoms with Gasteiger partial charge in [0.25, 0.3) is 0 Å². The van der Waals surface area contributed by atoms with Crippen LogP contribution in [0, 0.1) is 0 Å². The highest BCUT2D eigenvalue weighted by molar-refractivity contribution is 5.31. The van der Waals surface area contributed by atoms with Gasteiger partial charge in [0, 0.05) is 37.7 Å². The van der Waals surface area contributed by atoms with Gasteiger partial charge in [0.15, 0.2) is 0 Å². The number of nitrogens with one attached hydrogen (secondary N) is 1. The lowest BCUT2D eigenvalue weighted by Crippen LogP contribution is -2.24. The molecule has 1 N–H and O–H groups in total. The molecule has 0 aliphatic carbocycles. The van der Waals surface area contributed by atoms with Gasteiger partial charge in [-0.25, -0.2) is 9.67 Å². The van der Waals surface area contributed by atoms with Crippen LogP contribution in [0.4, 0.5) is 0 Å². The van der Waals surface area contributed by atoms with Crippen molar-refractivity contribution in [3.63, 3.8) is 0 Å². The summed E-state index contributed by atoms with van der Waals surface area (Å²) < 4.78 is 3.95. The van der Waals surface area contributed by atoms with Crippen molar-refractivity contribution in [2.24, 2.45) is 7.05 Å². The molecule has 1 atom stereocenters. The fourth-order valence-electron chi connectivity index (χ4n) is 3.05. The number of rotatable bonds is 6. The molecular formula is C21H21N5. The SMILES string of the molecule is Cn1ccnc1[C@H](NCc1cnn(-c2ccccc2)c1)c1ccccc1. The summed E-state index contributed by atoms with van der Waals surface area (Å²) in [7, 11) is 2.02. The van der Waals surface area contributed by atoms with Gasteiger partial charge in [-0.05, 0) is 17.7 Å². The average molecular weight is 343 g/mol. The normalized spacial score (nSPS) is 12.2. The van der Waals surface area contributed by atoms with Crippen molar-refractivity contribution >= 4 is 0 Å². The summed E-state index contributed by atoms with van der Waals surface area (Å²) >= 11 is 0. The maximum absolute atomic E-state index is 4.54. The first-order valence-electron chi connectivity index (χ1n) is 8.66. The molecule has 2 heterocycles. The smallest absolute Gasteiger partial charge is 0.130 e. The van der Waals surface area contributed by atoms with Gasteiger partial charge in [-0.15, -0.1) is 0 Å². The number of hydrogen-bond acceptors (Lipinski definition) is 3. The molecule has 4 aromatic rings. The number of imidazole rings is 1. The minimum absolute atomic E-state index is 0.0243. The lowest BCUT2D eigenvalue weighted by atomic mass is 10.1. The topological polar surface area (TPSA) is 47.7 Å². The number of aromatic nitrogens is 4. The maximum atomic E-state index is 4.54. The van der Waals surface area contributed by atoms with Crippen molar-refractivity contribution < 1.29 is 0 Å². The van der Waals surface area contributed by atoms with E-state index in [-0.39, 0.29) is 6.04 Å². The summed E-state index contributed by atoms with van der Waals surface area (Å²) in [6.07, 6.45) is 7.77. The van der Waals surface area contributed by atoms with E-state index in [1.54, 1.807) is 0 Å². The number of benzene rings is 2. The van der Waals surface area contributed by atoms with Crippen LogP contribution < -0.4 is 5.32 Å². The molecule has 0 unspecified atom stereocenters. The second kappa shape index (κ2) is 7.37. The van der Waals surface area contributed by atoms with E-state index in [4.69, 9.17) is 0 Å². The molecule has 0 aliphatic rings. The molecule has 4 rings (SSSR count). The lowest BCUT2D eigenvalue weighted by Gasteiger charge is -2.18. The maximum Gasteiger partial charge on any atom is 0.130 e. The Morgan fingerprint density at radius 3 is 2.42 bits per heavy atom. The summed E-state index contributed by atoms with van der Waals surface area (Å²) in [5, 5.41) is 8.10. The molecular weight excluding hydrogens is 322 g/mol. The van der Waals surface area contributed by atoms with Gasteiger partial charge in [0.2, 0.25) is 0 Å². The van der Waals surface area contributed by atoms with E-state index in [0.717, 1.165) is 17.1 Å². The molecule has 0 saturated carbocycles. The fraction of sp³-hybridized carbons (Fsp3) is 0.143. The summed E-state index contributed by atoms with van der Waals surface area (Å²) in [4.78, 5) is 4.54. The van der Waals surface area contributed by atoms with Gasteiger partial charge in [-0.1, -0.05) is 48.5 Å². The average Bonchev–Trinajstić information content (AvgIpc) is 3.33. The number of aryl methyl sites for hydroxylation is 1. The Balaban J connectivity index is 1.54. The Hall–Kier alpha value is -3.18. The van der Waals surface area contributed by atoms with Gasteiger partial charge in [-0.2, -0.15) is 5.10 Å². The monoisotopic (exact) mass is 343 g/mol. The predicted octanol–water partition coefficient (Wildman–Crippen LogP) is 3.49. The van der Waals surface area contributed by atoms with Gasteiger partial charge >= 0.3 is 0 Å². The quantitative estimate of drug-likeness (QED) is 0.583. The van der Waals surface area contributed by atoms with Crippen LogP contribution in [0.25, 0.3) is 5.69 Å². The number of nitrogens with zero attached hydrogens (tertiary/aromatic N) is 4. The molecule has 5 heteroatoms. The van der Waals surface area contributed by atoms with Crippen molar-refractivity contribution in [3.05, 3.63) is 102 Å². The Labute approximate surface area is 152 Å². The minimum atomic E-state index is 0.0243. The van der Waals surface area contributed by atoms with E-state index in [1.807, 2.05) is 66.7 Å². The highest BCUT2D eigenvalue weighted by Gasteiger charge is 2.17. The molecule has 130 valence electrons. The lowest BCUT2D eigenvalue weighted by molar-refractivity contribution is 0.558. The molecule has 0 amide bonds. The third kappa shape index (κ3) is 3.43. The highest BCUT2D eigenvalue weighted by atomic mass is 15.3. The molecule has 26 heavy (non-hydrogen) atoms. The zero-order valence-corrected chi connectivity index (χ0v) is 14.7. The molecule has 0 aliphatic heterocycles. The largest absolute Gasteiger partial charge is 0.336 e. The molecule has 0 radical (unpaired) electrons. The van der Waals surface area contributed by atoms with E-state index < -0.39 is 0 Å². The Morgan fingerprint density at radius 2 is 1.73 bits per heavy atom. The van der Waals surface area contributed by atoms with Crippen LogP contribution in [0.5, 0.6) is 0 Å². The van der Waals surface area contributed by atoms with Crippen LogP contribution in [-0.2, 0) is 13.6 Å². The van der Waals surface area contributed by atoms with Gasteiger partial charge < -0.3 is 4.57 Å². The van der Waals surface area contributed by atoms with Gasteiger partial charge in [-0.3, -0.25) is 5.32 Å². The van der Waals surface area contributed by atoms with Crippen LogP contribution >= 0.6 is 0 Å². The van der Waals surface area contributed by atoms with Crippen LogP contribution in [0.15, 0.2) is 85.5 Å². The molecule has 0 saturated heterocycles. The minimum Gasteiger partial charge on any atom is -0.336 e. The van der Waals surface area contributed by atoms with Crippen LogP contribution in [-0.4, -0.2) is 19.3 Å². The van der Waals surface area contributed by atoms with Crippen molar-refractivity contribution in [3.8, 4) is 5.69 Å². The number of hydrogen-bond donors (Lipinski definition) is 1. The van der Waals surface area contributed by atoms with Crippen molar-refractivity contribution in [2.75, 3.05) is 0 Å². The summed E-state index contributed by atoms with van der Waals surface area (Å²) in [6.45, 7) is 0.708. The van der Waals surface area contributed by atoms with Crippen LogP contribution in [0.1, 0.15) is 23.0 Å². The van der Waals surface area contributed by atoms with Gasteiger partial charge in [0.1, 0.15) is 5.82 Å². The fourth-order valence-corrected chi connectivity index (χ4v) is 3.05. The molecule has 2 aromatic heterocycles. The zero-order valence-electron chi connectivity index (χ0n) is 14.7. The van der Waals surface area contributed by atoms with Crippen molar-refractivity contribution in [1.82, 2.24) is 24.6 Å². The summed E-state index contributed by atoms with van der Waals surface area (Å²) in [5.41, 5.74) is 3.38. The molecule has 5 nitrogen and oxygen atoms in total. The van der Waals surface area contributed by atoms with E-state index in [1.165, 1.54) is 5.56 Å². The molecule has 2 aromatic carbocycles.